The lowest BCUT2D eigenvalue weighted by Gasteiger charge is -2.12. The van der Waals surface area contributed by atoms with E-state index in [-0.39, 0.29) is 11.2 Å². The molecule has 1 aliphatic rings. The van der Waals surface area contributed by atoms with E-state index in [4.69, 9.17) is 5.73 Å². The van der Waals surface area contributed by atoms with Gasteiger partial charge in [0.15, 0.2) is 0 Å². The monoisotopic (exact) mass is 197 g/mol. The quantitative estimate of drug-likeness (QED) is 0.725. The van der Waals surface area contributed by atoms with Crippen molar-refractivity contribution in [3.63, 3.8) is 0 Å². The van der Waals surface area contributed by atoms with E-state index in [0.29, 0.717) is 5.37 Å². The summed E-state index contributed by atoms with van der Waals surface area (Å²) in [5.41, 5.74) is 5.38. The summed E-state index contributed by atoms with van der Waals surface area (Å²) in [6.45, 7) is 0. The summed E-state index contributed by atoms with van der Waals surface area (Å²) < 4.78 is 1.92. The van der Waals surface area contributed by atoms with Gasteiger partial charge in [0.25, 0.3) is 5.56 Å². The number of nitrogens with two attached hydrogens (primary N) is 1. The standard InChI is InChI=1S/C8H11N3OS/c9-6-4-11(5-10-8(6)12)7-2-1-3-13-7/h4-5,7H,1-3,9H2. The molecule has 4 nitrogen and oxygen atoms in total. The fourth-order valence-electron chi connectivity index (χ4n) is 1.40. The summed E-state index contributed by atoms with van der Waals surface area (Å²) in [5, 5.41) is 0.412. The molecule has 0 radical (unpaired) electrons. The Morgan fingerprint density at radius 2 is 2.54 bits per heavy atom. The van der Waals surface area contributed by atoms with E-state index in [1.807, 2.05) is 16.3 Å². The molecule has 2 N–H and O–H groups in total. The van der Waals surface area contributed by atoms with Crippen LogP contribution in [0.4, 0.5) is 5.69 Å². The Balaban J connectivity index is 2.30. The summed E-state index contributed by atoms with van der Waals surface area (Å²) in [7, 11) is 0. The zero-order valence-electron chi connectivity index (χ0n) is 7.14. The van der Waals surface area contributed by atoms with Crippen molar-refractivity contribution >= 4 is 17.4 Å². The van der Waals surface area contributed by atoms with Crippen molar-refractivity contribution in [2.24, 2.45) is 0 Å². The molecule has 0 saturated carbocycles. The summed E-state index contributed by atoms with van der Waals surface area (Å²) in [5.74, 6) is 1.18. The maximum Gasteiger partial charge on any atom is 0.295 e. The van der Waals surface area contributed by atoms with Crippen LogP contribution < -0.4 is 11.3 Å². The van der Waals surface area contributed by atoms with Crippen molar-refractivity contribution in [3.05, 3.63) is 22.9 Å². The van der Waals surface area contributed by atoms with Gasteiger partial charge in [0.1, 0.15) is 5.69 Å². The first-order valence-electron chi connectivity index (χ1n) is 4.22. The van der Waals surface area contributed by atoms with Crippen LogP contribution in [0.3, 0.4) is 0 Å². The van der Waals surface area contributed by atoms with E-state index in [0.717, 1.165) is 6.42 Å². The van der Waals surface area contributed by atoms with Gasteiger partial charge in [-0.15, -0.1) is 11.8 Å². The molecule has 0 bridgehead atoms. The molecular weight excluding hydrogens is 186 g/mol. The largest absolute Gasteiger partial charge is 0.393 e. The molecule has 0 spiro atoms. The van der Waals surface area contributed by atoms with Gasteiger partial charge in [-0.3, -0.25) is 4.79 Å². The second-order valence-corrected chi connectivity index (χ2v) is 4.33. The van der Waals surface area contributed by atoms with E-state index < -0.39 is 0 Å². The second kappa shape index (κ2) is 3.41. The smallest absolute Gasteiger partial charge is 0.295 e. The summed E-state index contributed by atoms with van der Waals surface area (Å²) in [6, 6.07) is 0. The van der Waals surface area contributed by atoms with E-state index in [2.05, 4.69) is 4.98 Å². The van der Waals surface area contributed by atoms with Gasteiger partial charge in [0.05, 0.1) is 11.7 Å². The Bertz CT molecular complexity index is 357. The molecule has 0 amide bonds. The SMILES string of the molecule is Nc1cn(C2CCCS2)cnc1=O. The fourth-order valence-corrected chi connectivity index (χ4v) is 2.62. The van der Waals surface area contributed by atoms with Crippen LogP contribution in [0, 0.1) is 0 Å². The van der Waals surface area contributed by atoms with Crippen molar-refractivity contribution in [2.45, 2.75) is 18.2 Å². The number of aromatic nitrogens is 2. The molecule has 1 aromatic rings. The number of rotatable bonds is 1. The zero-order chi connectivity index (χ0) is 9.26. The lowest BCUT2D eigenvalue weighted by molar-refractivity contribution is 0.628. The van der Waals surface area contributed by atoms with Crippen molar-refractivity contribution in [2.75, 3.05) is 11.5 Å². The van der Waals surface area contributed by atoms with Crippen LogP contribution in [0.5, 0.6) is 0 Å². The average molecular weight is 197 g/mol. The Labute approximate surface area is 80.2 Å². The predicted octanol–water partition coefficient (Wildman–Crippen LogP) is 0.851. The normalized spacial score (nSPS) is 22.0. The molecule has 1 aliphatic heterocycles. The molecule has 1 aromatic heterocycles. The summed E-state index contributed by atoms with van der Waals surface area (Å²) in [4.78, 5) is 14.6. The van der Waals surface area contributed by atoms with Crippen molar-refractivity contribution in [1.29, 1.82) is 0 Å². The third kappa shape index (κ3) is 1.70. The number of nitrogens with zero attached hydrogens (tertiary/aromatic N) is 2. The van der Waals surface area contributed by atoms with E-state index in [1.54, 1.807) is 12.5 Å². The van der Waals surface area contributed by atoms with E-state index in [9.17, 15) is 4.79 Å². The molecular formula is C8H11N3OS. The predicted molar refractivity (Wildman–Crippen MR) is 53.6 cm³/mol. The molecule has 0 aromatic carbocycles. The van der Waals surface area contributed by atoms with Crippen LogP contribution in [-0.2, 0) is 0 Å². The average Bonchev–Trinajstić information content (AvgIpc) is 2.62. The molecule has 1 unspecified atom stereocenters. The van der Waals surface area contributed by atoms with Crippen LogP contribution in [-0.4, -0.2) is 15.3 Å². The van der Waals surface area contributed by atoms with Gasteiger partial charge in [-0.1, -0.05) is 0 Å². The maximum absolute atomic E-state index is 10.9. The van der Waals surface area contributed by atoms with Gasteiger partial charge in [-0.05, 0) is 18.6 Å². The van der Waals surface area contributed by atoms with Crippen LogP contribution in [0.2, 0.25) is 0 Å². The van der Waals surface area contributed by atoms with Gasteiger partial charge in [0.2, 0.25) is 0 Å². The third-order valence-corrected chi connectivity index (χ3v) is 3.47. The molecule has 0 aliphatic carbocycles. The third-order valence-electron chi connectivity index (χ3n) is 2.08. The minimum Gasteiger partial charge on any atom is -0.393 e. The molecule has 70 valence electrons. The highest BCUT2D eigenvalue weighted by atomic mass is 32.2. The van der Waals surface area contributed by atoms with Crippen molar-refractivity contribution in [1.82, 2.24) is 9.55 Å². The van der Waals surface area contributed by atoms with Crippen LogP contribution in [0.15, 0.2) is 17.3 Å². The number of hydrogen-bond donors (Lipinski definition) is 1. The molecule has 5 heteroatoms. The minimum absolute atomic E-state index is 0.231. The van der Waals surface area contributed by atoms with Crippen LogP contribution in [0.25, 0.3) is 0 Å². The highest BCUT2D eigenvalue weighted by Gasteiger charge is 2.16. The lowest BCUT2D eigenvalue weighted by Crippen LogP contribution is -2.16. The first-order chi connectivity index (χ1) is 6.27. The van der Waals surface area contributed by atoms with Gasteiger partial charge >= 0.3 is 0 Å². The van der Waals surface area contributed by atoms with Gasteiger partial charge < -0.3 is 10.3 Å². The Hall–Kier alpha value is -0.970. The van der Waals surface area contributed by atoms with Gasteiger partial charge in [0, 0.05) is 6.20 Å². The van der Waals surface area contributed by atoms with E-state index in [1.165, 1.54) is 12.2 Å². The summed E-state index contributed by atoms with van der Waals surface area (Å²) >= 11 is 1.88. The molecule has 1 fully saturated rings. The minimum atomic E-state index is -0.334. The first-order valence-corrected chi connectivity index (χ1v) is 5.27. The number of thioether (sulfide) groups is 1. The number of hydrogen-bond acceptors (Lipinski definition) is 4. The first kappa shape index (κ1) is 8.62. The number of nitrogen functional groups attached to an aromatic ring is 1. The van der Waals surface area contributed by atoms with Gasteiger partial charge in [-0.25, -0.2) is 0 Å². The molecule has 2 rings (SSSR count). The Morgan fingerprint density at radius 3 is 3.15 bits per heavy atom. The van der Waals surface area contributed by atoms with Crippen LogP contribution >= 0.6 is 11.8 Å². The van der Waals surface area contributed by atoms with E-state index >= 15 is 0 Å². The summed E-state index contributed by atoms with van der Waals surface area (Å²) in [6.07, 6.45) is 5.61. The van der Waals surface area contributed by atoms with Crippen molar-refractivity contribution in [3.8, 4) is 0 Å². The zero-order valence-corrected chi connectivity index (χ0v) is 7.96. The second-order valence-electron chi connectivity index (χ2n) is 3.05. The molecule has 2 heterocycles. The van der Waals surface area contributed by atoms with Gasteiger partial charge in [-0.2, -0.15) is 4.98 Å². The highest BCUT2D eigenvalue weighted by molar-refractivity contribution is 7.99. The lowest BCUT2D eigenvalue weighted by atomic mass is 10.3. The maximum atomic E-state index is 10.9. The molecule has 13 heavy (non-hydrogen) atoms. The Morgan fingerprint density at radius 1 is 1.69 bits per heavy atom. The number of anilines is 1. The Kier molecular flexibility index (Phi) is 2.26. The van der Waals surface area contributed by atoms with Crippen LogP contribution in [0.1, 0.15) is 18.2 Å². The molecule has 1 saturated heterocycles. The highest BCUT2D eigenvalue weighted by Crippen LogP contribution is 2.34. The van der Waals surface area contributed by atoms with Crippen molar-refractivity contribution < 1.29 is 0 Å². The molecule has 1 atom stereocenters. The fraction of sp³-hybridized carbons (Fsp3) is 0.500. The topological polar surface area (TPSA) is 60.9 Å².